The number of nitrogens with two attached hydrogens (primary N) is 1. The molecule has 2 amide bonds. The number of hydrogen-bond donors (Lipinski definition) is 1. The van der Waals surface area contributed by atoms with Crippen LogP contribution in [0.25, 0.3) is 0 Å². The molecule has 2 aliphatic rings. The van der Waals surface area contributed by atoms with Crippen molar-refractivity contribution in [1.82, 2.24) is 9.88 Å². The van der Waals surface area contributed by atoms with Gasteiger partial charge in [0.05, 0.1) is 11.3 Å². The van der Waals surface area contributed by atoms with E-state index in [2.05, 4.69) is 22.0 Å². The first kappa shape index (κ1) is 23.7. The fraction of sp³-hybridized carbons (Fsp3) is 0.462. The van der Waals surface area contributed by atoms with Gasteiger partial charge in [-0.25, -0.2) is 4.98 Å². The molecule has 2 aromatic rings. The molecule has 2 aliphatic heterocycles. The predicted octanol–water partition coefficient (Wildman–Crippen LogP) is 2.29. The van der Waals surface area contributed by atoms with E-state index in [1.54, 1.807) is 6.07 Å². The normalized spacial score (nSPS) is 19.3. The fourth-order valence-corrected chi connectivity index (χ4v) is 5.07. The standard InChI is InChI=1S/C26H32N4O4/c1-16-9-24(34-15-17(2)31)28-18(3)25(16)26(33)30-13-20-11-29(12-21(20)14-30)22-6-4-5-19(10-22)7-8-23(27)32/h4-6,9-10,20-21H,7-8,11-15H2,1-3H3,(H2,27,32). The number of primary amides is 1. The number of likely N-dealkylation sites (tertiary alicyclic amines) is 1. The van der Waals surface area contributed by atoms with Crippen molar-refractivity contribution in [1.29, 1.82) is 0 Å². The minimum atomic E-state index is -0.287. The second-order valence-corrected chi connectivity index (χ2v) is 9.50. The molecule has 2 N–H and O–H groups in total. The van der Waals surface area contributed by atoms with E-state index in [-0.39, 0.29) is 24.2 Å². The Morgan fingerprint density at radius 1 is 1.09 bits per heavy atom. The molecular formula is C26H32N4O4. The number of amides is 2. The Labute approximate surface area is 200 Å². The molecule has 180 valence electrons. The van der Waals surface area contributed by atoms with Gasteiger partial charge in [-0.3, -0.25) is 14.4 Å². The number of aromatic nitrogens is 1. The summed E-state index contributed by atoms with van der Waals surface area (Å²) in [6, 6.07) is 10.0. The number of fused-ring (bicyclic) bond motifs is 1. The van der Waals surface area contributed by atoms with Crippen LogP contribution in [-0.2, 0) is 16.0 Å². The van der Waals surface area contributed by atoms with Crippen LogP contribution in [0.4, 0.5) is 5.69 Å². The SMILES string of the molecule is CC(=O)COc1cc(C)c(C(=O)N2CC3CN(c4cccc(CCC(N)=O)c4)CC3C2)c(C)n1. The van der Waals surface area contributed by atoms with Crippen LogP contribution in [0.3, 0.4) is 0 Å². The van der Waals surface area contributed by atoms with E-state index in [9.17, 15) is 14.4 Å². The third-order valence-electron chi connectivity index (χ3n) is 6.72. The topological polar surface area (TPSA) is 106 Å². The van der Waals surface area contributed by atoms with Crippen LogP contribution in [0.1, 0.15) is 40.5 Å². The molecule has 0 aliphatic carbocycles. The molecule has 2 saturated heterocycles. The van der Waals surface area contributed by atoms with E-state index in [0.717, 1.165) is 43.0 Å². The Morgan fingerprint density at radius 2 is 1.79 bits per heavy atom. The van der Waals surface area contributed by atoms with Crippen molar-refractivity contribution < 1.29 is 19.1 Å². The Kier molecular flexibility index (Phi) is 6.86. The molecule has 2 atom stereocenters. The Bertz CT molecular complexity index is 1080. The van der Waals surface area contributed by atoms with Crippen LogP contribution in [0.5, 0.6) is 5.88 Å². The second-order valence-electron chi connectivity index (χ2n) is 9.50. The summed E-state index contributed by atoms with van der Waals surface area (Å²) in [5, 5.41) is 0. The quantitative estimate of drug-likeness (QED) is 0.643. The number of nitrogens with zero attached hydrogens (tertiary/aromatic N) is 3. The van der Waals surface area contributed by atoms with Crippen molar-refractivity contribution in [2.45, 2.75) is 33.6 Å². The predicted molar refractivity (Wildman–Crippen MR) is 129 cm³/mol. The molecule has 3 heterocycles. The maximum absolute atomic E-state index is 13.4. The van der Waals surface area contributed by atoms with E-state index in [0.29, 0.717) is 41.8 Å². The summed E-state index contributed by atoms with van der Waals surface area (Å²) in [5.41, 5.74) is 9.61. The molecular weight excluding hydrogens is 432 g/mol. The highest BCUT2D eigenvalue weighted by molar-refractivity contribution is 5.97. The van der Waals surface area contributed by atoms with Gasteiger partial charge in [0.15, 0.2) is 5.78 Å². The van der Waals surface area contributed by atoms with Crippen LogP contribution in [0.2, 0.25) is 0 Å². The van der Waals surface area contributed by atoms with E-state index < -0.39 is 0 Å². The molecule has 8 nitrogen and oxygen atoms in total. The van der Waals surface area contributed by atoms with Crippen molar-refractivity contribution in [3.8, 4) is 5.88 Å². The smallest absolute Gasteiger partial charge is 0.255 e. The van der Waals surface area contributed by atoms with Crippen LogP contribution in [0.15, 0.2) is 30.3 Å². The van der Waals surface area contributed by atoms with Crippen LogP contribution >= 0.6 is 0 Å². The monoisotopic (exact) mass is 464 g/mol. The number of aryl methyl sites for hydroxylation is 3. The lowest BCUT2D eigenvalue weighted by atomic mass is 10.0. The van der Waals surface area contributed by atoms with E-state index >= 15 is 0 Å². The largest absolute Gasteiger partial charge is 0.470 e. The van der Waals surface area contributed by atoms with Gasteiger partial charge in [0.25, 0.3) is 5.91 Å². The van der Waals surface area contributed by atoms with Gasteiger partial charge >= 0.3 is 0 Å². The molecule has 0 saturated carbocycles. The molecule has 34 heavy (non-hydrogen) atoms. The van der Waals surface area contributed by atoms with Gasteiger partial charge in [0.1, 0.15) is 6.61 Å². The average Bonchev–Trinajstić information content (AvgIpc) is 3.35. The van der Waals surface area contributed by atoms with E-state index in [4.69, 9.17) is 10.5 Å². The first-order valence-electron chi connectivity index (χ1n) is 11.7. The number of anilines is 1. The number of benzene rings is 1. The summed E-state index contributed by atoms with van der Waals surface area (Å²) in [4.78, 5) is 44.4. The number of Topliss-reactive ketones (excluding diaryl/α,β-unsaturated/α-hetero) is 1. The highest BCUT2D eigenvalue weighted by Gasteiger charge is 2.42. The summed E-state index contributed by atoms with van der Waals surface area (Å²) < 4.78 is 5.43. The number of ketones is 1. The molecule has 1 aromatic heterocycles. The van der Waals surface area contributed by atoms with Crippen molar-refractivity contribution in [2.75, 3.05) is 37.7 Å². The number of carbonyl (C=O) groups is 3. The number of pyridine rings is 1. The first-order valence-corrected chi connectivity index (χ1v) is 11.7. The average molecular weight is 465 g/mol. The first-order chi connectivity index (χ1) is 16.2. The van der Waals surface area contributed by atoms with Crippen LogP contribution < -0.4 is 15.4 Å². The summed E-state index contributed by atoms with van der Waals surface area (Å²) in [5.74, 6) is 0.857. The number of carbonyl (C=O) groups excluding carboxylic acids is 3. The van der Waals surface area contributed by atoms with E-state index in [1.807, 2.05) is 30.9 Å². The lowest BCUT2D eigenvalue weighted by Gasteiger charge is -2.24. The number of ether oxygens (including phenoxy) is 1. The van der Waals surface area contributed by atoms with Crippen molar-refractivity contribution in [3.63, 3.8) is 0 Å². The van der Waals surface area contributed by atoms with Crippen molar-refractivity contribution >= 4 is 23.3 Å². The van der Waals surface area contributed by atoms with Crippen molar-refractivity contribution in [3.05, 3.63) is 52.7 Å². The number of hydrogen-bond acceptors (Lipinski definition) is 6. The Morgan fingerprint density at radius 3 is 2.41 bits per heavy atom. The summed E-state index contributed by atoms with van der Waals surface area (Å²) >= 11 is 0. The highest BCUT2D eigenvalue weighted by atomic mass is 16.5. The summed E-state index contributed by atoms with van der Waals surface area (Å²) in [6.07, 6.45) is 1.00. The van der Waals surface area contributed by atoms with E-state index in [1.165, 1.54) is 6.92 Å². The van der Waals surface area contributed by atoms with Gasteiger partial charge in [0.2, 0.25) is 11.8 Å². The van der Waals surface area contributed by atoms with Gasteiger partial charge in [-0.15, -0.1) is 0 Å². The van der Waals surface area contributed by atoms with Crippen molar-refractivity contribution in [2.24, 2.45) is 17.6 Å². The zero-order chi connectivity index (χ0) is 24.4. The summed E-state index contributed by atoms with van der Waals surface area (Å²) in [6.45, 7) is 8.38. The summed E-state index contributed by atoms with van der Waals surface area (Å²) in [7, 11) is 0. The maximum Gasteiger partial charge on any atom is 0.255 e. The third-order valence-corrected chi connectivity index (χ3v) is 6.72. The van der Waals surface area contributed by atoms with Gasteiger partial charge in [-0.2, -0.15) is 0 Å². The van der Waals surface area contributed by atoms with Gasteiger partial charge < -0.3 is 20.3 Å². The highest BCUT2D eigenvalue weighted by Crippen LogP contribution is 2.35. The number of rotatable bonds is 8. The lowest BCUT2D eigenvalue weighted by Crippen LogP contribution is -2.34. The third kappa shape index (κ3) is 5.21. The molecule has 2 fully saturated rings. The Balaban J connectivity index is 1.39. The molecule has 0 bridgehead atoms. The van der Waals surface area contributed by atoms with Gasteiger partial charge in [-0.05, 0) is 50.5 Å². The Hall–Kier alpha value is -3.42. The molecule has 0 spiro atoms. The molecule has 2 unspecified atom stereocenters. The van der Waals surface area contributed by atoms with Gasteiger partial charge in [-0.1, -0.05) is 12.1 Å². The maximum atomic E-state index is 13.4. The lowest BCUT2D eigenvalue weighted by molar-refractivity contribution is -0.119. The minimum Gasteiger partial charge on any atom is -0.470 e. The second kappa shape index (κ2) is 9.83. The van der Waals surface area contributed by atoms with Crippen LogP contribution in [0, 0.1) is 25.7 Å². The zero-order valence-electron chi connectivity index (χ0n) is 20.0. The minimum absolute atomic E-state index is 0.00927. The molecule has 4 rings (SSSR count). The van der Waals surface area contributed by atoms with Crippen LogP contribution in [-0.4, -0.2) is 60.3 Å². The molecule has 1 aromatic carbocycles. The van der Waals surface area contributed by atoms with Gasteiger partial charge in [0, 0.05) is 56.2 Å². The molecule has 8 heteroatoms. The molecule has 0 radical (unpaired) electrons. The fourth-order valence-electron chi connectivity index (χ4n) is 5.07. The zero-order valence-corrected chi connectivity index (χ0v) is 20.0.